The molecule has 1 aliphatic carbocycles. The summed E-state index contributed by atoms with van der Waals surface area (Å²) in [6, 6.07) is 8.61. The maximum Gasteiger partial charge on any atom is 0.573 e. The number of fused-ring (bicyclic) bond motifs is 1. The summed E-state index contributed by atoms with van der Waals surface area (Å²) in [6.45, 7) is 1.70. The van der Waals surface area contributed by atoms with Crippen molar-refractivity contribution in [3.05, 3.63) is 69.8 Å². The Morgan fingerprint density at radius 3 is 2.59 bits per heavy atom. The quantitative estimate of drug-likeness (QED) is 0.500. The third kappa shape index (κ3) is 6.52. The molecule has 11 heteroatoms. The molecule has 1 aromatic carbocycles. The van der Waals surface area contributed by atoms with Crippen LogP contribution in [0, 0.1) is 6.92 Å². The minimum atomic E-state index is -4.60. The first kappa shape index (κ1) is 25.1. The molecule has 2 heterocycles. The van der Waals surface area contributed by atoms with E-state index in [1.807, 2.05) is 0 Å². The number of rotatable bonds is 3. The number of nitrogens with one attached hydrogen (secondary N) is 1. The second-order valence-electron chi connectivity index (χ2n) is 8.05. The van der Waals surface area contributed by atoms with Crippen LogP contribution in [0.5, 0.6) is 5.75 Å². The van der Waals surface area contributed by atoms with Gasteiger partial charge in [0.05, 0.1) is 10.9 Å². The number of pyridine rings is 2. The standard InChI is InChI=1S/C15H15F2N3O2.C8H7F3O/c16-15(17)4-1-2-8(7-15)10-6-11(21)12-9(20-10)3-5-19-13(12)14(18)22;1-6-3-2-4-7(5-6)12-8(9,10)11/h3,5-6,8H,1-2,4,7H2,(H2,18,22)(H,20,21);2-5H,1H3/t8-;/m0./s1. The Morgan fingerprint density at radius 1 is 1.24 bits per heavy atom. The number of nitrogens with zero attached hydrogens (tertiary/aromatic N) is 1. The van der Waals surface area contributed by atoms with Crippen molar-refractivity contribution in [2.75, 3.05) is 0 Å². The van der Waals surface area contributed by atoms with Crippen molar-refractivity contribution in [1.82, 2.24) is 9.97 Å². The highest BCUT2D eigenvalue weighted by Gasteiger charge is 2.37. The molecule has 1 aliphatic rings. The van der Waals surface area contributed by atoms with Gasteiger partial charge in [-0.05, 0) is 43.5 Å². The molecule has 0 saturated heterocycles. The number of carbonyl (C=O) groups excluding carboxylic acids is 1. The first-order valence-electron chi connectivity index (χ1n) is 10.4. The normalized spacial score (nSPS) is 17.5. The highest BCUT2D eigenvalue weighted by molar-refractivity contribution is 6.03. The van der Waals surface area contributed by atoms with Crippen LogP contribution >= 0.6 is 0 Å². The molecule has 0 unspecified atom stereocenters. The van der Waals surface area contributed by atoms with E-state index in [0.717, 1.165) is 5.56 Å². The maximum absolute atomic E-state index is 13.6. The molecule has 0 aliphatic heterocycles. The Bertz CT molecular complexity index is 1240. The van der Waals surface area contributed by atoms with Gasteiger partial charge in [-0.3, -0.25) is 14.6 Å². The van der Waals surface area contributed by atoms with E-state index in [-0.39, 0.29) is 29.7 Å². The van der Waals surface area contributed by atoms with E-state index < -0.39 is 29.5 Å². The van der Waals surface area contributed by atoms with Crippen LogP contribution in [0.25, 0.3) is 10.9 Å². The number of hydrogen-bond donors (Lipinski definition) is 2. The predicted molar refractivity (Wildman–Crippen MR) is 115 cm³/mol. The van der Waals surface area contributed by atoms with Gasteiger partial charge in [-0.15, -0.1) is 13.2 Å². The monoisotopic (exact) mass is 483 g/mol. The molecule has 4 rings (SSSR count). The van der Waals surface area contributed by atoms with Gasteiger partial charge in [-0.1, -0.05) is 12.1 Å². The molecule has 1 fully saturated rings. The summed E-state index contributed by atoms with van der Waals surface area (Å²) in [4.78, 5) is 30.4. The van der Waals surface area contributed by atoms with E-state index in [1.165, 1.54) is 36.5 Å². The molecule has 0 bridgehead atoms. The molecule has 1 atom stereocenters. The maximum atomic E-state index is 13.6. The average Bonchev–Trinajstić information content (AvgIpc) is 2.71. The molecule has 34 heavy (non-hydrogen) atoms. The molecule has 2 aromatic heterocycles. The molecule has 182 valence electrons. The number of halogens is 5. The zero-order valence-electron chi connectivity index (χ0n) is 18.1. The van der Waals surface area contributed by atoms with Crippen LogP contribution in [-0.2, 0) is 0 Å². The van der Waals surface area contributed by atoms with E-state index in [0.29, 0.717) is 24.1 Å². The molecule has 1 amide bonds. The van der Waals surface area contributed by atoms with Crippen molar-refractivity contribution >= 4 is 16.8 Å². The first-order chi connectivity index (χ1) is 15.8. The van der Waals surface area contributed by atoms with Crippen molar-refractivity contribution in [2.45, 2.75) is 50.8 Å². The summed E-state index contributed by atoms with van der Waals surface area (Å²) in [5.41, 5.74) is 6.26. The average molecular weight is 483 g/mol. The molecule has 3 N–H and O–H groups in total. The minimum absolute atomic E-state index is 0.0984. The van der Waals surface area contributed by atoms with Crippen molar-refractivity contribution in [3.8, 4) is 5.75 Å². The minimum Gasteiger partial charge on any atom is -0.406 e. The largest absolute Gasteiger partial charge is 0.573 e. The molecule has 0 spiro atoms. The van der Waals surface area contributed by atoms with E-state index in [1.54, 1.807) is 13.0 Å². The molecular formula is C23H22F5N3O3. The molecule has 0 radical (unpaired) electrons. The fourth-order valence-electron chi connectivity index (χ4n) is 3.88. The van der Waals surface area contributed by atoms with Gasteiger partial charge < -0.3 is 15.5 Å². The van der Waals surface area contributed by atoms with Crippen LogP contribution in [0.3, 0.4) is 0 Å². The Morgan fingerprint density at radius 2 is 1.97 bits per heavy atom. The SMILES string of the molecule is Cc1cccc(OC(F)(F)F)c1.NC(=O)c1nccc2[nH]c([C@H]3CCCC(F)(F)C3)cc(=O)c12. The lowest BCUT2D eigenvalue weighted by atomic mass is 9.84. The zero-order chi connectivity index (χ0) is 25.1. The number of ether oxygens (including phenoxy) is 1. The number of carbonyl (C=O) groups is 1. The van der Waals surface area contributed by atoms with Crippen LogP contribution in [0.15, 0.2) is 47.4 Å². The second kappa shape index (κ2) is 9.78. The Balaban J connectivity index is 0.000000229. The number of alkyl halides is 5. The second-order valence-corrected chi connectivity index (χ2v) is 8.05. The smallest absolute Gasteiger partial charge is 0.406 e. The van der Waals surface area contributed by atoms with Gasteiger partial charge in [-0.25, -0.2) is 8.78 Å². The Hall–Kier alpha value is -3.50. The van der Waals surface area contributed by atoms with Crippen LogP contribution in [0.4, 0.5) is 22.0 Å². The summed E-state index contributed by atoms with van der Waals surface area (Å²) in [5.74, 6) is -4.08. The van der Waals surface area contributed by atoms with Crippen molar-refractivity contribution < 1.29 is 31.5 Å². The first-order valence-corrected chi connectivity index (χ1v) is 10.4. The number of aryl methyl sites for hydroxylation is 1. The van der Waals surface area contributed by atoms with Crippen LogP contribution in [0.2, 0.25) is 0 Å². The van der Waals surface area contributed by atoms with E-state index in [4.69, 9.17) is 5.73 Å². The van der Waals surface area contributed by atoms with Crippen LogP contribution in [-0.4, -0.2) is 28.2 Å². The van der Waals surface area contributed by atoms with Gasteiger partial charge in [0.15, 0.2) is 5.43 Å². The summed E-state index contributed by atoms with van der Waals surface area (Å²) < 4.78 is 65.8. The third-order valence-corrected chi connectivity index (χ3v) is 5.30. The van der Waals surface area contributed by atoms with Gasteiger partial charge in [0.2, 0.25) is 5.92 Å². The van der Waals surface area contributed by atoms with Crippen molar-refractivity contribution in [2.24, 2.45) is 5.73 Å². The van der Waals surface area contributed by atoms with E-state index >= 15 is 0 Å². The third-order valence-electron chi connectivity index (χ3n) is 5.30. The summed E-state index contributed by atoms with van der Waals surface area (Å²) in [5, 5.41) is 0.0984. The van der Waals surface area contributed by atoms with Crippen molar-refractivity contribution in [1.29, 1.82) is 0 Å². The van der Waals surface area contributed by atoms with Crippen molar-refractivity contribution in [3.63, 3.8) is 0 Å². The number of aromatic nitrogens is 2. The Kier molecular flexibility index (Phi) is 7.23. The fourth-order valence-corrected chi connectivity index (χ4v) is 3.88. The number of benzene rings is 1. The molecule has 6 nitrogen and oxygen atoms in total. The number of primary amides is 1. The number of nitrogens with two attached hydrogens (primary N) is 1. The number of H-pyrrole nitrogens is 1. The topological polar surface area (TPSA) is 98.1 Å². The lowest BCUT2D eigenvalue weighted by Gasteiger charge is -2.29. The Labute approximate surface area is 190 Å². The van der Waals surface area contributed by atoms with E-state index in [2.05, 4.69) is 14.7 Å². The number of amides is 1. The number of hydrogen-bond acceptors (Lipinski definition) is 4. The summed E-state index contributed by atoms with van der Waals surface area (Å²) >= 11 is 0. The molecule has 3 aromatic rings. The van der Waals surface area contributed by atoms with E-state index in [9.17, 15) is 31.5 Å². The van der Waals surface area contributed by atoms with Crippen LogP contribution in [0.1, 0.15) is 53.3 Å². The molecule has 1 saturated carbocycles. The highest BCUT2D eigenvalue weighted by atomic mass is 19.4. The predicted octanol–water partition coefficient (Wildman–Crippen LogP) is 5.21. The van der Waals surface area contributed by atoms with Gasteiger partial charge in [-0.2, -0.15) is 0 Å². The highest BCUT2D eigenvalue weighted by Crippen LogP contribution is 2.41. The molecular weight excluding hydrogens is 461 g/mol. The van der Waals surface area contributed by atoms with Gasteiger partial charge in [0, 0.05) is 36.7 Å². The van der Waals surface area contributed by atoms with Crippen LogP contribution < -0.4 is 15.9 Å². The number of aromatic amines is 1. The van der Waals surface area contributed by atoms with Gasteiger partial charge >= 0.3 is 6.36 Å². The lowest BCUT2D eigenvalue weighted by Crippen LogP contribution is -2.26. The zero-order valence-corrected chi connectivity index (χ0v) is 18.1. The van der Waals surface area contributed by atoms with Gasteiger partial charge in [0.25, 0.3) is 5.91 Å². The summed E-state index contributed by atoms with van der Waals surface area (Å²) in [6.07, 6.45) is -2.61. The summed E-state index contributed by atoms with van der Waals surface area (Å²) in [7, 11) is 0. The fraction of sp³-hybridized carbons (Fsp3) is 0.348. The lowest BCUT2D eigenvalue weighted by molar-refractivity contribution is -0.274. The van der Waals surface area contributed by atoms with Gasteiger partial charge in [0.1, 0.15) is 11.4 Å².